The molecular weight excluding hydrogens is 200 g/mol. The number of esters is 1. The van der Waals surface area contributed by atoms with Crippen LogP contribution in [0.2, 0.25) is 0 Å². The van der Waals surface area contributed by atoms with Crippen molar-refractivity contribution in [1.29, 1.82) is 0 Å². The fourth-order valence-corrected chi connectivity index (χ4v) is 2.30. The first kappa shape index (κ1) is 11.2. The molecule has 3 unspecified atom stereocenters. The molecule has 0 radical (unpaired) electrons. The average Bonchev–Trinajstić information content (AvgIpc) is 3.09. The molecule has 86 valence electrons. The molecule has 0 aromatic heterocycles. The number of benzene rings is 1. The molecule has 2 rings (SSSR count). The van der Waals surface area contributed by atoms with Crippen LogP contribution in [0.15, 0.2) is 30.3 Å². The highest BCUT2D eigenvalue weighted by molar-refractivity contribution is 5.73. The van der Waals surface area contributed by atoms with Gasteiger partial charge in [0.25, 0.3) is 0 Å². The Morgan fingerprint density at radius 2 is 2.12 bits per heavy atom. The van der Waals surface area contributed by atoms with Gasteiger partial charge in [-0.25, -0.2) is 0 Å². The summed E-state index contributed by atoms with van der Waals surface area (Å²) in [5.41, 5.74) is 1.35. The Morgan fingerprint density at radius 3 is 2.75 bits per heavy atom. The zero-order chi connectivity index (χ0) is 11.5. The molecule has 2 nitrogen and oxygen atoms in total. The summed E-state index contributed by atoms with van der Waals surface area (Å²) in [7, 11) is 0. The summed E-state index contributed by atoms with van der Waals surface area (Å²) in [6.45, 7) is 4.31. The number of hydrogen-bond donors (Lipinski definition) is 0. The Bertz CT molecular complexity index is 358. The van der Waals surface area contributed by atoms with Crippen LogP contribution in [0.1, 0.15) is 31.7 Å². The molecule has 16 heavy (non-hydrogen) atoms. The predicted molar refractivity (Wildman–Crippen MR) is 63.1 cm³/mol. The number of hydrogen-bond acceptors (Lipinski definition) is 2. The second kappa shape index (κ2) is 4.69. The minimum Gasteiger partial charge on any atom is -0.466 e. The fourth-order valence-electron chi connectivity index (χ4n) is 2.30. The third kappa shape index (κ3) is 2.26. The molecule has 0 spiro atoms. The summed E-state index contributed by atoms with van der Waals surface area (Å²) in [6.07, 6.45) is 1.12. The lowest BCUT2D eigenvalue weighted by Gasteiger charge is -2.09. The highest BCUT2D eigenvalue weighted by Crippen LogP contribution is 2.51. The van der Waals surface area contributed by atoms with Crippen LogP contribution >= 0.6 is 0 Å². The summed E-state index contributed by atoms with van der Waals surface area (Å²) in [6, 6.07) is 10.4. The number of ether oxygens (including phenoxy) is 1. The first-order valence-corrected chi connectivity index (χ1v) is 5.95. The maximum Gasteiger partial charge on any atom is 0.308 e. The zero-order valence-corrected chi connectivity index (χ0v) is 9.85. The van der Waals surface area contributed by atoms with Crippen molar-refractivity contribution < 1.29 is 9.53 Å². The van der Waals surface area contributed by atoms with Gasteiger partial charge in [-0.05, 0) is 30.7 Å². The van der Waals surface area contributed by atoms with Crippen molar-refractivity contribution in [2.24, 2.45) is 11.8 Å². The van der Waals surface area contributed by atoms with Crippen LogP contribution in [0, 0.1) is 11.8 Å². The van der Waals surface area contributed by atoms with Gasteiger partial charge in [0.2, 0.25) is 0 Å². The molecule has 0 saturated heterocycles. The highest BCUT2D eigenvalue weighted by Gasteiger charge is 2.44. The first-order chi connectivity index (χ1) is 7.74. The summed E-state index contributed by atoms with van der Waals surface area (Å²) < 4.78 is 5.05. The van der Waals surface area contributed by atoms with Crippen molar-refractivity contribution in [2.45, 2.75) is 26.2 Å². The topological polar surface area (TPSA) is 26.3 Å². The van der Waals surface area contributed by atoms with Gasteiger partial charge in [0.1, 0.15) is 0 Å². The molecule has 0 bridgehead atoms. The third-order valence-electron chi connectivity index (χ3n) is 3.37. The molecule has 3 atom stereocenters. The van der Waals surface area contributed by atoms with E-state index in [4.69, 9.17) is 4.74 Å². The van der Waals surface area contributed by atoms with E-state index in [1.54, 1.807) is 0 Å². The van der Waals surface area contributed by atoms with E-state index in [-0.39, 0.29) is 11.9 Å². The summed E-state index contributed by atoms with van der Waals surface area (Å²) in [5, 5.41) is 0. The van der Waals surface area contributed by atoms with Crippen LogP contribution < -0.4 is 0 Å². The third-order valence-corrected chi connectivity index (χ3v) is 3.37. The van der Waals surface area contributed by atoms with Gasteiger partial charge in [-0.2, -0.15) is 0 Å². The van der Waals surface area contributed by atoms with Gasteiger partial charge in [-0.3, -0.25) is 4.79 Å². The van der Waals surface area contributed by atoms with E-state index in [0.717, 1.165) is 6.42 Å². The Kier molecular flexibility index (Phi) is 3.28. The van der Waals surface area contributed by atoms with E-state index in [0.29, 0.717) is 18.4 Å². The van der Waals surface area contributed by atoms with Crippen molar-refractivity contribution in [3.63, 3.8) is 0 Å². The number of carbonyl (C=O) groups is 1. The van der Waals surface area contributed by atoms with Gasteiger partial charge >= 0.3 is 5.97 Å². The van der Waals surface area contributed by atoms with Crippen LogP contribution in [0.5, 0.6) is 0 Å². The Balaban J connectivity index is 1.94. The fraction of sp³-hybridized carbons (Fsp3) is 0.500. The molecule has 1 fully saturated rings. The molecule has 1 aromatic rings. The van der Waals surface area contributed by atoms with Crippen LogP contribution in [0.3, 0.4) is 0 Å². The molecule has 1 aliphatic carbocycles. The van der Waals surface area contributed by atoms with Crippen molar-refractivity contribution in [3.8, 4) is 0 Å². The molecular formula is C14H18O2. The van der Waals surface area contributed by atoms with E-state index < -0.39 is 0 Å². The Labute approximate surface area is 96.6 Å². The second-order valence-electron chi connectivity index (χ2n) is 4.46. The van der Waals surface area contributed by atoms with Gasteiger partial charge in [0, 0.05) is 0 Å². The van der Waals surface area contributed by atoms with Crippen LogP contribution in [0.4, 0.5) is 0 Å². The lowest BCUT2D eigenvalue weighted by molar-refractivity contribution is -0.148. The minimum atomic E-state index is -0.0501. The van der Waals surface area contributed by atoms with Crippen molar-refractivity contribution in [1.82, 2.24) is 0 Å². The molecule has 1 aliphatic rings. The lowest BCUT2D eigenvalue weighted by atomic mass is 10.0. The average molecular weight is 218 g/mol. The van der Waals surface area contributed by atoms with Crippen molar-refractivity contribution >= 4 is 5.97 Å². The predicted octanol–water partition coefficient (Wildman–Crippen LogP) is 2.99. The maximum absolute atomic E-state index is 11.6. The molecule has 1 aromatic carbocycles. The normalized spacial score (nSPS) is 24.9. The van der Waals surface area contributed by atoms with Gasteiger partial charge < -0.3 is 4.74 Å². The summed E-state index contributed by atoms with van der Waals surface area (Å²) >= 11 is 0. The van der Waals surface area contributed by atoms with Gasteiger partial charge in [-0.15, -0.1) is 0 Å². The molecule has 0 amide bonds. The molecule has 0 heterocycles. The smallest absolute Gasteiger partial charge is 0.308 e. The monoisotopic (exact) mass is 218 g/mol. The second-order valence-corrected chi connectivity index (χ2v) is 4.46. The summed E-state index contributed by atoms with van der Waals surface area (Å²) in [4.78, 5) is 11.6. The molecule has 0 N–H and O–H groups in total. The number of carbonyl (C=O) groups excluding carboxylic acids is 1. The molecule has 1 saturated carbocycles. The van der Waals surface area contributed by atoms with Crippen LogP contribution in [-0.4, -0.2) is 12.6 Å². The minimum absolute atomic E-state index is 0.0326. The van der Waals surface area contributed by atoms with Gasteiger partial charge in [-0.1, -0.05) is 37.3 Å². The van der Waals surface area contributed by atoms with E-state index in [1.807, 2.05) is 19.9 Å². The van der Waals surface area contributed by atoms with Crippen molar-refractivity contribution in [3.05, 3.63) is 35.9 Å². The standard InChI is InChI=1S/C14H18O2/c1-3-16-14(15)10(2)12-9-13(12)11-7-5-4-6-8-11/h4-8,10,12-13H,3,9H2,1-2H3. The van der Waals surface area contributed by atoms with E-state index in [9.17, 15) is 4.79 Å². The SMILES string of the molecule is CCOC(=O)C(C)C1CC1c1ccccc1. The maximum atomic E-state index is 11.6. The van der Waals surface area contributed by atoms with Crippen LogP contribution in [-0.2, 0) is 9.53 Å². The van der Waals surface area contributed by atoms with Crippen molar-refractivity contribution in [2.75, 3.05) is 6.61 Å². The highest BCUT2D eigenvalue weighted by atomic mass is 16.5. The van der Waals surface area contributed by atoms with Gasteiger partial charge in [0.05, 0.1) is 12.5 Å². The largest absolute Gasteiger partial charge is 0.466 e. The van der Waals surface area contributed by atoms with Crippen LogP contribution in [0.25, 0.3) is 0 Å². The Morgan fingerprint density at radius 1 is 1.44 bits per heavy atom. The van der Waals surface area contributed by atoms with E-state index >= 15 is 0 Å². The van der Waals surface area contributed by atoms with E-state index in [2.05, 4.69) is 24.3 Å². The van der Waals surface area contributed by atoms with Gasteiger partial charge in [0.15, 0.2) is 0 Å². The molecule has 0 aliphatic heterocycles. The quantitative estimate of drug-likeness (QED) is 0.726. The lowest BCUT2D eigenvalue weighted by Crippen LogP contribution is -2.17. The molecule has 2 heteroatoms. The van der Waals surface area contributed by atoms with E-state index in [1.165, 1.54) is 5.56 Å². The Hall–Kier alpha value is -1.31. The zero-order valence-electron chi connectivity index (χ0n) is 9.85. The summed E-state index contributed by atoms with van der Waals surface area (Å²) in [5.74, 6) is 1.01. The number of rotatable bonds is 4. The first-order valence-electron chi connectivity index (χ1n) is 5.95.